The van der Waals surface area contributed by atoms with E-state index < -0.39 is 0 Å². The van der Waals surface area contributed by atoms with Crippen molar-refractivity contribution < 1.29 is 14.3 Å². The van der Waals surface area contributed by atoms with Gasteiger partial charge in [0.25, 0.3) is 0 Å². The molecule has 0 amide bonds. The van der Waals surface area contributed by atoms with Crippen LogP contribution in [0.3, 0.4) is 0 Å². The highest BCUT2D eigenvalue weighted by Crippen LogP contribution is 2.40. The minimum absolute atomic E-state index is 0.167. The lowest BCUT2D eigenvalue weighted by atomic mass is 9.69. The van der Waals surface area contributed by atoms with Gasteiger partial charge in [-0.15, -0.1) is 0 Å². The highest BCUT2D eigenvalue weighted by atomic mass is 16.5. The summed E-state index contributed by atoms with van der Waals surface area (Å²) < 4.78 is 11.3. The molecule has 0 radical (unpaired) electrons. The van der Waals surface area contributed by atoms with Gasteiger partial charge in [-0.2, -0.15) is 0 Å². The third-order valence-electron chi connectivity index (χ3n) is 4.69. The number of fused-ring (bicyclic) bond motifs is 1. The monoisotopic (exact) mass is 289 g/mol. The molecule has 1 aliphatic heterocycles. The third kappa shape index (κ3) is 2.77. The number of ether oxygens (including phenoxy) is 2. The van der Waals surface area contributed by atoms with Crippen LogP contribution < -0.4 is 15.2 Å². The van der Waals surface area contributed by atoms with Crippen LogP contribution in [0.4, 0.5) is 0 Å². The molecular weight excluding hydrogens is 266 g/mol. The molecule has 1 saturated carbocycles. The minimum Gasteiger partial charge on any atom is -0.490 e. The second-order valence-electron chi connectivity index (χ2n) is 6.09. The average Bonchev–Trinajstić information content (AvgIpc) is 2.79. The van der Waals surface area contributed by atoms with Gasteiger partial charge in [0.15, 0.2) is 17.3 Å². The summed E-state index contributed by atoms with van der Waals surface area (Å²) >= 11 is 0. The van der Waals surface area contributed by atoms with Crippen molar-refractivity contribution in [3.05, 3.63) is 23.8 Å². The first-order chi connectivity index (χ1) is 10.2. The Balaban J connectivity index is 1.88. The Hall–Kier alpha value is -1.55. The van der Waals surface area contributed by atoms with Gasteiger partial charge in [-0.05, 0) is 31.0 Å². The second-order valence-corrected chi connectivity index (χ2v) is 6.09. The normalized spacial score (nSPS) is 20.6. The van der Waals surface area contributed by atoms with Crippen LogP contribution in [0.1, 0.15) is 48.9 Å². The highest BCUT2D eigenvalue weighted by Gasteiger charge is 2.38. The van der Waals surface area contributed by atoms with E-state index in [1.54, 1.807) is 0 Å². The molecule has 4 heteroatoms. The van der Waals surface area contributed by atoms with Crippen molar-refractivity contribution in [2.45, 2.75) is 38.5 Å². The summed E-state index contributed by atoms with van der Waals surface area (Å²) in [7, 11) is 0. The van der Waals surface area contributed by atoms with Crippen LogP contribution in [0.2, 0.25) is 0 Å². The molecule has 1 aromatic rings. The van der Waals surface area contributed by atoms with Crippen LogP contribution in [0.25, 0.3) is 0 Å². The summed E-state index contributed by atoms with van der Waals surface area (Å²) in [5.74, 6) is 1.58. The van der Waals surface area contributed by atoms with Gasteiger partial charge in [0.1, 0.15) is 0 Å². The molecular formula is C17H23NO3. The second kappa shape index (κ2) is 6.06. The number of carbonyl (C=O) groups excluding carboxylic acids is 1. The number of ketones is 1. The van der Waals surface area contributed by atoms with Gasteiger partial charge in [-0.1, -0.05) is 19.3 Å². The maximum absolute atomic E-state index is 12.9. The van der Waals surface area contributed by atoms with Gasteiger partial charge in [-0.3, -0.25) is 4.79 Å². The Morgan fingerprint density at radius 1 is 1.05 bits per heavy atom. The van der Waals surface area contributed by atoms with E-state index >= 15 is 0 Å². The average molecular weight is 289 g/mol. The number of Topliss-reactive ketones (excluding diaryl/α,β-unsaturated/α-hetero) is 1. The summed E-state index contributed by atoms with van der Waals surface area (Å²) in [6.07, 6.45) is 6.05. The first-order valence-electron chi connectivity index (χ1n) is 7.90. The topological polar surface area (TPSA) is 61.6 Å². The summed E-state index contributed by atoms with van der Waals surface area (Å²) in [5.41, 5.74) is 6.29. The standard InChI is InChI=1S/C17H23NO3/c18-12-17(7-2-1-3-8-17)16(19)13-5-6-14-15(11-13)21-10-4-9-20-14/h5-6,11H,1-4,7-10,12,18H2. The van der Waals surface area contributed by atoms with Crippen molar-refractivity contribution >= 4 is 5.78 Å². The van der Waals surface area contributed by atoms with Gasteiger partial charge < -0.3 is 15.2 Å². The predicted octanol–water partition coefficient (Wildman–Crippen LogP) is 2.94. The van der Waals surface area contributed by atoms with Crippen molar-refractivity contribution in [3.8, 4) is 11.5 Å². The third-order valence-corrected chi connectivity index (χ3v) is 4.69. The van der Waals surface area contributed by atoms with Crippen molar-refractivity contribution in [2.75, 3.05) is 19.8 Å². The maximum Gasteiger partial charge on any atom is 0.170 e. The Bertz CT molecular complexity index is 521. The Kier molecular flexibility index (Phi) is 4.15. The molecule has 2 aliphatic rings. The number of hydrogen-bond acceptors (Lipinski definition) is 4. The zero-order chi connectivity index (χ0) is 14.7. The van der Waals surface area contributed by atoms with Gasteiger partial charge in [0.05, 0.1) is 13.2 Å². The molecule has 0 saturated heterocycles. The van der Waals surface area contributed by atoms with Gasteiger partial charge >= 0.3 is 0 Å². The van der Waals surface area contributed by atoms with E-state index in [0.717, 1.165) is 37.9 Å². The van der Waals surface area contributed by atoms with E-state index in [0.29, 0.717) is 31.1 Å². The maximum atomic E-state index is 12.9. The lowest BCUT2D eigenvalue weighted by Gasteiger charge is -2.34. The largest absolute Gasteiger partial charge is 0.490 e. The van der Waals surface area contributed by atoms with E-state index in [1.165, 1.54) is 6.42 Å². The van der Waals surface area contributed by atoms with Gasteiger partial charge in [-0.25, -0.2) is 0 Å². The number of nitrogens with two attached hydrogens (primary N) is 1. The molecule has 4 nitrogen and oxygen atoms in total. The fourth-order valence-electron chi connectivity index (χ4n) is 3.36. The molecule has 2 N–H and O–H groups in total. The molecule has 0 unspecified atom stereocenters. The molecule has 1 aliphatic carbocycles. The molecule has 0 spiro atoms. The quantitative estimate of drug-likeness (QED) is 0.869. The van der Waals surface area contributed by atoms with Crippen LogP contribution >= 0.6 is 0 Å². The summed E-state index contributed by atoms with van der Waals surface area (Å²) in [5, 5.41) is 0. The highest BCUT2D eigenvalue weighted by molar-refractivity contribution is 6.01. The molecule has 114 valence electrons. The molecule has 21 heavy (non-hydrogen) atoms. The lowest BCUT2D eigenvalue weighted by Crippen LogP contribution is -2.40. The molecule has 0 bridgehead atoms. The van der Waals surface area contributed by atoms with E-state index in [9.17, 15) is 4.79 Å². The first-order valence-corrected chi connectivity index (χ1v) is 7.90. The SMILES string of the molecule is NCC1(C(=O)c2ccc3c(c2)OCCCO3)CCCCC1. The number of hydrogen-bond donors (Lipinski definition) is 1. The number of rotatable bonds is 3. The van der Waals surface area contributed by atoms with E-state index in [-0.39, 0.29) is 11.2 Å². The Morgan fingerprint density at radius 3 is 2.48 bits per heavy atom. The van der Waals surface area contributed by atoms with E-state index in [4.69, 9.17) is 15.2 Å². The van der Waals surface area contributed by atoms with Crippen LogP contribution in [0.5, 0.6) is 11.5 Å². The Morgan fingerprint density at radius 2 is 1.76 bits per heavy atom. The van der Waals surface area contributed by atoms with Crippen LogP contribution in [0.15, 0.2) is 18.2 Å². The fourth-order valence-corrected chi connectivity index (χ4v) is 3.36. The molecule has 1 heterocycles. The van der Waals surface area contributed by atoms with E-state index in [1.807, 2.05) is 18.2 Å². The molecule has 0 aromatic heterocycles. The summed E-state index contributed by atoms with van der Waals surface area (Å²) in [6, 6.07) is 5.53. The van der Waals surface area contributed by atoms with Crippen LogP contribution in [-0.2, 0) is 0 Å². The summed E-state index contributed by atoms with van der Waals surface area (Å²) in [4.78, 5) is 12.9. The summed E-state index contributed by atoms with van der Waals surface area (Å²) in [6.45, 7) is 1.72. The zero-order valence-corrected chi connectivity index (χ0v) is 12.4. The predicted molar refractivity (Wildman–Crippen MR) is 81.0 cm³/mol. The van der Waals surface area contributed by atoms with Crippen LogP contribution in [0, 0.1) is 5.41 Å². The number of carbonyl (C=O) groups is 1. The Labute approximate surface area is 125 Å². The minimum atomic E-state index is -0.377. The van der Waals surface area contributed by atoms with E-state index in [2.05, 4.69) is 0 Å². The van der Waals surface area contributed by atoms with Gasteiger partial charge in [0, 0.05) is 23.9 Å². The van der Waals surface area contributed by atoms with Gasteiger partial charge in [0.2, 0.25) is 0 Å². The van der Waals surface area contributed by atoms with Crippen molar-refractivity contribution in [1.29, 1.82) is 0 Å². The lowest BCUT2D eigenvalue weighted by molar-refractivity contribution is 0.0729. The molecule has 0 atom stereocenters. The zero-order valence-electron chi connectivity index (χ0n) is 12.4. The number of benzene rings is 1. The molecule has 1 aromatic carbocycles. The fraction of sp³-hybridized carbons (Fsp3) is 0.588. The molecule has 3 rings (SSSR count). The first kappa shape index (κ1) is 14.4. The molecule has 1 fully saturated rings. The van der Waals surface area contributed by atoms with Crippen LogP contribution in [-0.4, -0.2) is 25.5 Å². The van der Waals surface area contributed by atoms with Crippen molar-refractivity contribution in [1.82, 2.24) is 0 Å². The smallest absolute Gasteiger partial charge is 0.170 e. The van der Waals surface area contributed by atoms with Crippen molar-refractivity contribution in [2.24, 2.45) is 11.1 Å². The van der Waals surface area contributed by atoms with Crippen molar-refractivity contribution in [3.63, 3.8) is 0 Å².